The second-order valence-corrected chi connectivity index (χ2v) is 5.20. The van der Waals surface area contributed by atoms with E-state index in [0.29, 0.717) is 0 Å². The molecule has 1 fully saturated rings. The molecule has 0 saturated carbocycles. The lowest BCUT2D eigenvalue weighted by Gasteiger charge is -2.29. The fraction of sp³-hybridized carbons (Fsp3) is 0.545. The van der Waals surface area contributed by atoms with Crippen LogP contribution in [-0.4, -0.2) is 23.1 Å². The number of likely N-dealkylation sites (tertiary alicyclic amines) is 1. The van der Waals surface area contributed by atoms with Gasteiger partial charge in [-0.15, -0.1) is 11.3 Å². The summed E-state index contributed by atoms with van der Waals surface area (Å²) in [5, 5.41) is 6.34. The monoisotopic (exact) mass is 240 g/mol. The van der Waals surface area contributed by atoms with Gasteiger partial charge in [0.05, 0.1) is 6.54 Å². The third-order valence-corrected chi connectivity index (χ3v) is 3.92. The molecule has 0 aliphatic carbocycles. The highest BCUT2D eigenvalue weighted by Crippen LogP contribution is 2.10. The highest BCUT2D eigenvalue weighted by atomic mass is 32.1. The number of piperidine rings is 1. The maximum absolute atomic E-state index is 5.37. The van der Waals surface area contributed by atoms with Crippen molar-refractivity contribution >= 4 is 28.7 Å². The third kappa shape index (κ3) is 3.18. The molecule has 82 valence electrons. The second kappa shape index (κ2) is 5.47. The number of thiocarbonyl (C=S) groups is 1. The smallest absolute Gasteiger partial charge is 0.169 e. The summed E-state index contributed by atoms with van der Waals surface area (Å²) in [5.41, 5.74) is 0. The zero-order chi connectivity index (χ0) is 10.5. The van der Waals surface area contributed by atoms with Gasteiger partial charge in [0.25, 0.3) is 0 Å². The quantitative estimate of drug-likeness (QED) is 0.800. The fourth-order valence-corrected chi connectivity index (χ4v) is 2.68. The zero-order valence-electron chi connectivity index (χ0n) is 8.74. The fourth-order valence-electron chi connectivity index (χ4n) is 1.78. The Morgan fingerprint density at radius 2 is 2.20 bits per heavy atom. The maximum atomic E-state index is 5.37. The van der Waals surface area contributed by atoms with Gasteiger partial charge in [-0.25, -0.2) is 0 Å². The molecule has 0 amide bonds. The molecular formula is C11H16N2S2. The highest BCUT2D eigenvalue weighted by Gasteiger charge is 2.12. The lowest BCUT2D eigenvalue weighted by Crippen LogP contribution is -2.42. The van der Waals surface area contributed by atoms with Gasteiger partial charge in [-0.3, -0.25) is 0 Å². The summed E-state index contributed by atoms with van der Waals surface area (Å²) in [4.78, 5) is 3.63. The van der Waals surface area contributed by atoms with E-state index in [9.17, 15) is 0 Å². The Morgan fingerprint density at radius 3 is 2.87 bits per heavy atom. The molecule has 4 heteroatoms. The minimum atomic E-state index is 0.868. The molecule has 1 aliphatic heterocycles. The van der Waals surface area contributed by atoms with Gasteiger partial charge < -0.3 is 10.2 Å². The Bertz CT molecular complexity index is 302. The molecular weight excluding hydrogens is 224 g/mol. The number of hydrogen-bond acceptors (Lipinski definition) is 2. The first-order chi connectivity index (χ1) is 7.36. The molecule has 0 bridgehead atoms. The van der Waals surface area contributed by atoms with Gasteiger partial charge >= 0.3 is 0 Å². The molecule has 0 aromatic carbocycles. The van der Waals surface area contributed by atoms with Gasteiger partial charge in [-0.05, 0) is 42.9 Å². The molecule has 1 aromatic heterocycles. The lowest BCUT2D eigenvalue weighted by atomic mass is 10.1. The highest BCUT2D eigenvalue weighted by molar-refractivity contribution is 7.80. The molecule has 0 spiro atoms. The van der Waals surface area contributed by atoms with Crippen molar-refractivity contribution in [3.8, 4) is 0 Å². The van der Waals surface area contributed by atoms with Crippen LogP contribution in [0.25, 0.3) is 0 Å². The Morgan fingerprint density at radius 1 is 1.40 bits per heavy atom. The molecule has 0 radical (unpaired) electrons. The largest absolute Gasteiger partial charge is 0.358 e. The molecule has 2 heterocycles. The van der Waals surface area contributed by atoms with Crippen LogP contribution in [0.4, 0.5) is 0 Å². The van der Waals surface area contributed by atoms with Crippen molar-refractivity contribution in [1.82, 2.24) is 10.2 Å². The van der Waals surface area contributed by atoms with Gasteiger partial charge in [0.2, 0.25) is 0 Å². The van der Waals surface area contributed by atoms with E-state index in [1.807, 2.05) is 0 Å². The number of thiophene rings is 1. The minimum Gasteiger partial charge on any atom is -0.358 e. The van der Waals surface area contributed by atoms with Gasteiger partial charge in [0.15, 0.2) is 5.11 Å². The van der Waals surface area contributed by atoms with E-state index in [-0.39, 0.29) is 0 Å². The van der Waals surface area contributed by atoms with E-state index >= 15 is 0 Å². The van der Waals surface area contributed by atoms with Crippen LogP contribution >= 0.6 is 23.6 Å². The molecule has 0 unspecified atom stereocenters. The normalized spacial score (nSPS) is 16.4. The standard InChI is InChI=1S/C11H16N2S2/c14-11(13-6-2-1-3-7-13)12-9-10-5-4-8-15-10/h4-5,8H,1-3,6-7,9H2,(H,12,14). The average molecular weight is 240 g/mol. The molecule has 1 saturated heterocycles. The first kappa shape index (κ1) is 10.9. The van der Waals surface area contributed by atoms with E-state index < -0.39 is 0 Å². The predicted octanol–water partition coefficient (Wildman–Crippen LogP) is 2.61. The molecule has 0 atom stereocenters. The van der Waals surface area contributed by atoms with Crippen LogP contribution in [0.3, 0.4) is 0 Å². The summed E-state index contributed by atoms with van der Waals surface area (Å²) in [7, 11) is 0. The van der Waals surface area contributed by atoms with Crippen molar-refractivity contribution in [1.29, 1.82) is 0 Å². The summed E-state index contributed by atoms with van der Waals surface area (Å²) in [6, 6.07) is 4.21. The lowest BCUT2D eigenvalue weighted by molar-refractivity contribution is 0.338. The van der Waals surface area contributed by atoms with E-state index in [1.54, 1.807) is 11.3 Å². The summed E-state index contributed by atoms with van der Waals surface area (Å²) < 4.78 is 0. The minimum absolute atomic E-state index is 0.868. The summed E-state index contributed by atoms with van der Waals surface area (Å²) in [6.07, 6.45) is 3.91. The van der Waals surface area contributed by atoms with Crippen molar-refractivity contribution in [2.75, 3.05) is 13.1 Å². The van der Waals surface area contributed by atoms with E-state index in [1.165, 1.54) is 24.1 Å². The Kier molecular flexibility index (Phi) is 3.97. The Hall–Kier alpha value is -0.610. The Balaban J connectivity index is 1.76. The van der Waals surface area contributed by atoms with Gasteiger partial charge in [-0.1, -0.05) is 6.07 Å². The van der Waals surface area contributed by atoms with Crippen molar-refractivity contribution in [2.45, 2.75) is 25.8 Å². The summed E-state index contributed by atoms with van der Waals surface area (Å²) in [6.45, 7) is 3.11. The van der Waals surface area contributed by atoms with Crippen molar-refractivity contribution < 1.29 is 0 Å². The number of nitrogens with zero attached hydrogens (tertiary/aromatic N) is 1. The topological polar surface area (TPSA) is 15.3 Å². The van der Waals surface area contributed by atoms with Crippen LogP contribution in [0, 0.1) is 0 Å². The van der Waals surface area contributed by atoms with Crippen LogP contribution in [0.5, 0.6) is 0 Å². The van der Waals surface area contributed by atoms with Crippen molar-refractivity contribution in [3.05, 3.63) is 22.4 Å². The van der Waals surface area contributed by atoms with Gasteiger partial charge in [0.1, 0.15) is 0 Å². The van der Waals surface area contributed by atoms with Crippen LogP contribution in [0.1, 0.15) is 24.1 Å². The van der Waals surface area contributed by atoms with Crippen LogP contribution in [0.15, 0.2) is 17.5 Å². The van der Waals surface area contributed by atoms with E-state index in [4.69, 9.17) is 12.2 Å². The predicted molar refractivity (Wildman–Crippen MR) is 69.2 cm³/mol. The molecule has 1 N–H and O–H groups in total. The number of hydrogen-bond donors (Lipinski definition) is 1. The Labute approximate surface area is 100 Å². The number of nitrogens with one attached hydrogen (secondary N) is 1. The van der Waals surface area contributed by atoms with Crippen LogP contribution in [0.2, 0.25) is 0 Å². The van der Waals surface area contributed by atoms with Gasteiger partial charge in [0, 0.05) is 18.0 Å². The summed E-state index contributed by atoms with van der Waals surface area (Å²) in [5.74, 6) is 0. The van der Waals surface area contributed by atoms with Crippen molar-refractivity contribution in [3.63, 3.8) is 0 Å². The molecule has 1 aliphatic rings. The van der Waals surface area contributed by atoms with Gasteiger partial charge in [-0.2, -0.15) is 0 Å². The van der Waals surface area contributed by atoms with Crippen molar-refractivity contribution in [2.24, 2.45) is 0 Å². The first-order valence-electron chi connectivity index (χ1n) is 5.41. The molecule has 1 aromatic rings. The average Bonchev–Trinajstić information content (AvgIpc) is 2.80. The first-order valence-corrected chi connectivity index (χ1v) is 6.70. The second-order valence-electron chi connectivity index (χ2n) is 3.79. The molecule has 2 rings (SSSR count). The molecule has 15 heavy (non-hydrogen) atoms. The SMILES string of the molecule is S=C(NCc1cccs1)N1CCCCC1. The van der Waals surface area contributed by atoms with E-state index in [0.717, 1.165) is 24.7 Å². The third-order valence-electron chi connectivity index (χ3n) is 2.64. The van der Waals surface area contributed by atoms with E-state index in [2.05, 4.69) is 27.7 Å². The van der Waals surface area contributed by atoms with Crippen LogP contribution in [-0.2, 0) is 6.54 Å². The molecule has 2 nitrogen and oxygen atoms in total. The zero-order valence-corrected chi connectivity index (χ0v) is 10.4. The van der Waals surface area contributed by atoms with Crippen LogP contribution < -0.4 is 5.32 Å². The number of rotatable bonds is 2. The maximum Gasteiger partial charge on any atom is 0.169 e. The summed E-state index contributed by atoms with van der Waals surface area (Å²) >= 11 is 7.14.